The van der Waals surface area contributed by atoms with E-state index in [1.807, 2.05) is 13.1 Å². The van der Waals surface area contributed by atoms with Gasteiger partial charge in [0.25, 0.3) is 0 Å². The second kappa shape index (κ2) is 7.95. The van der Waals surface area contributed by atoms with Crippen LogP contribution in [-0.2, 0) is 0 Å². The predicted octanol–water partition coefficient (Wildman–Crippen LogP) is 0.626. The molecule has 0 aromatic carbocycles. The fraction of sp³-hybridized carbons (Fsp3) is 0.571. The van der Waals surface area contributed by atoms with Crippen molar-refractivity contribution in [3.63, 3.8) is 0 Å². The molecule has 1 fully saturated rings. The summed E-state index contributed by atoms with van der Waals surface area (Å²) < 4.78 is 0. The lowest BCUT2D eigenvalue weighted by Gasteiger charge is -2.35. The summed E-state index contributed by atoms with van der Waals surface area (Å²) in [6, 6.07) is 0. The summed E-state index contributed by atoms with van der Waals surface area (Å²) in [7, 11) is 4.05. The Kier molecular flexibility index (Phi) is 6.54. The molecule has 0 saturated carbocycles. The Bertz CT molecular complexity index is 303. The van der Waals surface area contributed by atoms with Gasteiger partial charge in [-0.15, -0.1) is 0 Å². The first-order valence-electron chi connectivity index (χ1n) is 6.54. The third-order valence-corrected chi connectivity index (χ3v) is 3.19. The summed E-state index contributed by atoms with van der Waals surface area (Å²) in [5, 5.41) is 6.52. The maximum absolute atomic E-state index is 4.22. The van der Waals surface area contributed by atoms with E-state index in [4.69, 9.17) is 0 Å². The molecule has 0 atom stereocenters. The summed E-state index contributed by atoms with van der Waals surface area (Å²) in [6.07, 6.45) is 3.90. The van der Waals surface area contributed by atoms with E-state index < -0.39 is 0 Å². The van der Waals surface area contributed by atoms with E-state index in [1.165, 1.54) is 5.70 Å². The van der Waals surface area contributed by atoms with Gasteiger partial charge in [0.05, 0.1) is 11.4 Å². The molecule has 0 amide bonds. The molecule has 0 aliphatic carbocycles. The number of hydrogen-bond donors (Lipinski definition) is 2. The van der Waals surface area contributed by atoms with Gasteiger partial charge in [-0.3, -0.25) is 0 Å². The van der Waals surface area contributed by atoms with Crippen LogP contribution < -0.4 is 10.6 Å². The molecule has 0 unspecified atom stereocenters. The minimum atomic E-state index is 0.954. The van der Waals surface area contributed by atoms with Gasteiger partial charge in [-0.1, -0.05) is 19.2 Å². The van der Waals surface area contributed by atoms with Crippen molar-refractivity contribution in [2.24, 2.45) is 0 Å². The lowest BCUT2D eigenvalue weighted by molar-refractivity contribution is 0.285. The second-order valence-electron chi connectivity index (χ2n) is 4.50. The topological polar surface area (TPSA) is 30.5 Å². The third-order valence-electron chi connectivity index (χ3n) is 3.19. The van der Waals surface area contributed by atoms with Crippen LogP contribution in [-0.4, -0.2) is 63.2 Å². The van der Waals surface area contributed by atoms with Crippen molar-refractivity contribution >= 4 is 0 Å². The van der Waals surface area contributed by atoms with Crippen LogP contribution in [0.1, 0.15) is 0 Å². The van der Waals surface area contributed by atoms with Crippen molar-refractivity contribution in [1.29, 1.82) is 0 Å². The Labute approximate surface area is 111 Å². The van der Waals surface area contributed by atoms with E-state index in [2.05, 4.69) is 46.7 Å². The fourth-order valence-corrected chi connectivity index (χ4v) is 2.01. The van der Waals surface area contributed by atoms with E-state index in [1.54, 1.807) is 0 Å². The van der Waals surface area contributed by atoms with E-state index in [-0.39, 0.29) is 0 Å². The average Bonchev–Trinajstić information content (AvgIpc) is 2.42. The first kappa shape index (κ1) is 14.8. The molecular formula is C14H26N4. The van der Waals surface area contributed by atoms with Crippen molar-refractivity contribution < 1.29 is 0 Å². The molecule has 1 aliphatic heterocycles. The van der Waals surface area contributed by atoms with Gasteiger partial charge in [0.1, 0.15) is 0 Å². The van der Waals surface area contributed by atoms with Crippen LogP contribution in [0.4, 0.5) is 0 Å². The summed E-state index contributed by atoms with van der Waals surface area (Å²) >= 11 is 0. The highest BCUT2D eigenvalue weighted by Crippen LogP contribution is 2.17. The zero-order valence-electron chi connectivity index (χ0n) is 11.7. The fourth-order valence-electron chi connectivity index (χ4n) is 2.01. The van der Waals surface area contributed by atoms with Gasteiger partial charge in [-0.25, -0.2) is 0 Å². The Balaban J connectivity index is 2.68. The normalized spacial score (nSPS) is 16.6. The monoisotopic (exact) mass is 250 g/mol. The Morgan fingerprint density at radius 1 is 1.44 bits per heavy atom. The molecule has 0 bridgehead atoms. The van der Waals surface area contributed by atoms with Gasteiger partial charge in [-0.05, 0) is 13.1 Å². The highest BCUT2D eigenvalue weighted by Gasteiger charge is 2.16. The van der Waals surface area contributed by atoms with Crippen molar-refractivity contribution in [2.45, 2.75) is 0 Å². The van der Waals surface area contributed by atoms with E-state index in [9.17, 15) is 0 Å². The number of piperazine rings is 1. The van der Waals surface area contributed by atoms with Gasteiger partial charge < -0.3 is 20.4 Å². The molecule has 1 aliphatic rings. The molecule has 2 N–H and O–H groups in total. The second-order valence-corrected chi connectivity index (χ2v) is 4.50. The largest absolute Gasteiger partial charge is 0.372 e. The highest BCUT2D eigenvalue weighted by atomic mass is 15.2. The minimum absolute atomic E-state index is 0.954. The summed E-state index contributed by atoms with van der Waals surface area (Å²) in [4.78, 5) is 4.56. The molecule has 1 saturated heterocycles. The van der Waals surface area contributed by atoms with Gasteiger partial charge >= 0.3 is 0 Å². The van der Waals surface area contributed by atoms with E-state index in [0.717, 1.165) is 45.0 Å². The van der Waals surface area contributed by atoms with Crippen molar-refractivity contribution in [3.05, 3.63) is 36.7 Å². The van der Waals surface area contributed by atoms with E-state index in [0.29, 0.717) is 0 Å². The van der Waals surface area contributed by atoms with Gasteiger partial charge in [0, 0.05) is 46.3 Å². The van der Waals surface area contributed by atoms with Crippen LogP contribution in [0.3, 0.4) is 0 Å². The molecule has 1 rings (SSSR count). The van der Waals surface area contributed by atoms with Crippen LogP contribution >= 0.6 is 0 Å². The maximum atomic E-state index is 4.22. The van der Waals surface area contributed by atoms with E-state index >= 15 is 0 Å². The standard InChI is InChI=1S/C14H26N4/c1-5-6-14(18-11-8-16-9-12-18)13(2)17(4)10-7-15-3/h5-6,15-16H,1-2,7-12H2,3-4H3/b14-6+. The lowest BCUT2D eigenvalue weighted by Crippen LogP contribution is -2.44. The molecule has 102 valence electrons. The van der Waals surface area contributed by atoms with Crippen LogP contribution in [0.2, 0.25) is 0 Å². The van der Waals surface area contributed by atoms with Gasteiger partial charge in [-0.2, -0.15) is 0 Å². The maximum Gasteiger partial charge on any atom is 0.0598 e. The number of hydrogen-bond acceptors (Lipinski definition) is 4. The first-order chi connectivity index (χ1) is 8.70. The van der Waals surface area contributed by atoms with Crippen molar-refractivity contribution in [3.8, 4) is 0 Å². The zero-order valence-corrected chi connectivity index (χ0v) is 11.7. The molecular weight excluding hydrogens is 224 g/mol. The number of allylic oxidation sites excluding steroid dienone is 2. The Morgan fingerprint density at radius 3 is 2.67 bits per heavy atom. The smallest absolute Gasteiger partial charge is 0.0598 e. The van der Waals surface area contributed by atoms with Gasteiger partial charge in [0.15, 0.2) is 0 Å². The molecule has 18 heavy (non-hydrogen) atoms. The molecule has 4 heteroatoms. The number of rotatable bonds is 7. The minimum Gasteiger partial charge on any atom is -0.372 e. The SMILES string of the molecule is C=C/C=C(\C(=C)N(C)CCNC)N1CCNCC1. The third kappa shape index (κ3) is 4.20. The highest BCUT2D eigenvalue weighted by molar-refractivity contribution is 5.29. The lowest BCUT2D eigenvalue weighted by atomic mass is 10.2. The molecule has 1 heterocycles. The number of likely N-dealkylation sites (N-methyl/N-ethyl adjacent to an activating group) is 2. The molecule has 0 aromatic heterocycles. The zero-order chi connectivity index (χ0) is 13.4. The quantitative estimate of drug-likeness (QED) is 0.649. The first-order valence-corrected chi connectivity index (χ1v) is 6.54. The Morgan fingerprint density at radius 2 is 2.11 bits per heavy atom. The van der Waals surface area contributed by atoms with Crippen LogP contribution in [0.25, 0.3) is 0 Å². The van der Waals surface area contributed by atoms with Gasteiger partial charge in [0.2, 0.25) is 0 Å². The molecule has 0 radical (unpaired) electrons. The van der Waals surface area contributed by atoms with Crippen molar-refractivity contribution in [2.75, 3.05) is 53.4 Å². The number of nitrogens with one attached hydrogen (secondary N) is 2. The van der Waals surface area contributed by atoms with Crippen LogP contribution in [0.5, 0.6) is 0 Å². The summed E-state index contributed by atoms with van der Waals surface area (Å²) in [5.41, 5.74) is 2.25. The molecule has 4 nitrogen and oxygen atoms in total. The number of nitrogens with zero attached hydrogens (tertiary/aromatic N) is 2. The van der Waals surface area contributed by atoms with Crippen LogP contribution in [0, 0.1) is 0 Å². The Hall–Kier alpha value is -1.26. The summed E-state index contributed by atoms with van der Waals surface area (Å²) in [6.45, 7) is 14.1. The summed E-state index contributed by atoms with van der Waals surface area (Å²) in [5.74, 6) is 0. The van der Waals surface area contributed by atoms with Crippen molar-refractivity contribution in [1.82, 2.24) is 20.4 Å². The molecule has 0 aromatic rings. The van der Waals surface area contributed by atoms with Crippen LogP contribution in [0.15, 0.2) is 36.7 Å². The molecule has 0 spiro atoms. The predicted molar refractivity (Wildman–Crippen MR) is 78.4 cm³/mol. The average molecular weight is 250 g/mol.